The van der Waals surface area contributed by atoms with Crippen molar-refractivity contribution < 1.29 is 18.9 Å². The van der Waals surface area contributed by atoms with Crippen molar-refractivity contribution in [2.45, 2.75) is 63.6 Å². The van der Waals surface area contributed by atoms with Crippen molar-refractivity contribution in [2.75, 3.05) is 20.3 Å². The first kappa shape index (κ1) is 13.3. The molecule has 0 aliphatic carbocycles. The summed E-state index contributed by atoms with van der Waals surface area (Å²) in [4.78, 5) is 0. The van der Waals surface area contributed by atoms with Crippen molar-refractivity contribution in [3.63, 3.8) is 0 Å². The van der Waals surface area contributed by atoms with E-state index in [0.29, 0.717) is 13.2 Å². The van der Waals surface area contributed by atoms with Crippen LogP contribution in [0.5, 0.6) is 0 Å². The molecule has 2 heterocycles. The third-order valence-electron chi connectivity index (χ3n) is 3.81. The highest BCUT2D eigenvalue weighted by atomic mass is 16.8. The number of methoxy groups -OCH3 is 1. The molecule has 0 N–H and O–H groups in total. The molecule has 2 saturated heterocycles. The molecule has 0 radical (unpaired) electrons. The summed E-state index contributed by atoms with van der Waals surface area (Å²) in [7, 11) is 1.68. The summed E-state index contributed by atoms with van der Waals surface area (Å²) in [5.41, 5.74) is 0. The van der Waals surface area contributed by atoms with Crippen LogP contribution in [0.25, 0.3) is 0 Å². The Hall–Kier alpha value is -0.160. The van der Waals surface area contributed by atoms with Crippen LogP contribution in [-0.4, -0.2) is 38.0 Å². The Balaban J connectivity index is 2.05. The number of unbranched alkanes of at least 4 members (excludes halogenated alkanes) is 1. The minimum Gasteiger partial charge on any atom is -0.370 e. The lowest BCUT2D eigenvalue weighted by Crippen LogP contribution is -2.52. The molecule has 17 heavy (non-hydrogen) atoms. The molecule has 0 saturated carbocycles. The summed E-state index contributed by atoms with van der Waals surface area (Å²) >= 11 is 0. The Morgan fingerprint density at radius 2 is 2.12 bits per heavy atom. The van der Waals surface area contributed by atoms with E-state index in [0.717, 1.165) is 32.1 Å². The van der Waals surface area contributed by atoms with E-state index >= 15 is 0 Å². The van der Waals surface area contributed by atoms with Gasteiger partial charge in [0.2, 0.25) is 0 Å². The van der Waals surface area contributed by atoms with Gasteiger partial charge in [-0.3, -0.25) is 0 Å². The Labute approximate surface area is 104 Å². The second kappa shape index (κ2) is 5.22. The van der Waals surface area contributed by atoms with Crippen LogP contribution in [0, 0.1) is 0 Å². The van der Waals surface area contributed by atoms with E-state index in [1.54, 1.807) is 7.11 Å². The zero-order valence-corrected chi connectivity index (χ0v) is 11.2. The zero-order valence-electron chi connectivity index (χ0n) is 11.2. The van der Waals surface area contributed by atoms with Crippen LogP contribution in [0.4, 0.5) is 0 Å². The predicted molar refractivity (Wildman–Crippen MR) is 63.7 cm³/mol. The van der Waals surface area contributed by atoms with Crippen molar-refractivity contribution in [1.82, 2.24) is 0 Å². The molecule has 0 aromatic heterocycles. The minimum absolute atomic E-state index is 0.0492. The average molecular weight is 244 g/mol. The molecule has 4 nitrogen and oxygen atoms in total. The summed E-state index contributed by atoms with van der Waals surface area (Å²) in [6, 6.07) is 0. The summed E-state index contributed by atoms with van der Waals surface area (Å²) in [6.07, 6.45) is 5.06. The Kier molecular flexibility index (Phi) is 4.08. The highest BCUT2D eigenvalue weighted by Gasteiger charge is 2.54. The lowest BCUT2D eigenvalue weighted by Gasteiger charge is -2.41. The number of hydrogen-bond acceptors (Lipinski definition) is 4. The van der Waals surface area contributed by atoms with Gasteiger partial charge in [0.15, 0.2) is 11.6 Å². The van der Waals surface area contributed by atoms with Crippen molar-refractivity contribution in [2.24, 2.45) is 0 Å². The number of hydrogen-bond donors (Lipinski definition) is 0. The fourth-order valence-electron chi connectivity index (χ4n) is 2.66. The van der Waals surface area contributed by atoms with E-state index < -0.39 is 11.6 Å². The third-order valence-corrected chi connectivity index (χ3v) is 3.81. The van der Waals surface area contributed by atoms with Gasteiger partial charge in [-0.25, -0.2) is 0 Å². The molecule has 0 aromatic rings. The molecule has 2 fully saturated rings. The van der Waals surface area contributed by atoms with E-state index in [1.165, 1.54) is 0 Å². The van der Waals surface area contributed by atoms with Crippen LogP contribution in [0.3, 0.4) is 0 Å². The second-order valence-electron chi connectivity index (χ2n) is 5.10. The molecule has 1 spiro atoms. The summed E-state index contributed by atoms with van der Waals surface area (Å²) < 4.78 is 23.2. The topological polar surface area (TPSA) is 36.9 Å². The van der Waals surface area contributed by atoms with E-state index in [9.17, 15) is 0 Å². The fraction of sp³-hybridized carbons (Fsp3) is 1.00. The van der Waals surface area contributed by atoms with Crippen LogP contribution in [-0.2, 0) is 18.9 Å². The van der Waals surface area contributed by atoms with Crippen LogP contribution >= 0.6 is 0 Å². The van der Waals surface area contributed by atoms with Gasteiger partial charge in [-0.1, -0.05) is 19.8 Å². The maximum Gasteiger partial charge on any atom is 0.198 e. The van der Waals surface area contributed by atoms with Crippen LogP contribution in [0.1, 0.15) is 46.0 Å². The van der Waals surface area contributed by atoms with E-state index in [-0.39, 0.29) is 6.10 Å². The molecule has 2 aliphatic rings. The largest absolute Gasteiger partial charge is 0.370 e. The Bertz CT molecular complexity index is 258. The quantitative estimate of drug-likeness (QED) is 0.761. The van der Waals surface area contributed by atoms with E-state index in [1.807, 2.05) is 6.92 Å². The van der Waals surface area contributed by atoms with Crippen molar-refractivity contribution >= 4 is 0 Å². The second-order valence-corrected chi connectivity index (χ2v) is 5.10. The minimum atomic E-state index is -0.571. The number of ether oxygens (including phenoxy) is 4. The Morgan fingerprint density at radius 3 is 2.76 bits per heavy atom. The molecule has 3 unspecified atom stereocenters. The maximum absolute atomic E-state index is 6.07. The SMILES string of the molecule is CCCCC1OCCOC12CCC(C)(OC)O2. The monoisotopic (exact) mass is 244 g/mol. The van der Waals surface area contributed by atoms with Gasteiger partial charge in [-0.2, -0.15) is 0 Å². The third kappa shape index (κ3) is 2.65. The van der Waals surface area contributed by atoms with Crippen LogP contribution < -0.4 is 0 Å². The Morgan fingerprint density at radius 1 is 1.29 bits per heavy atom. The van der Waals surface area contributed by atoms with Crippen LogP contribution in [0.2, 0.25) is 0 Å². The molecule has 0 amide bonds. The normalized spacial score (nSPS) is 42.2. The molecule has 100 valence electrons. The van der Waals surface area contributed by atoms with Gasteiger partial charge in [0, 0.05) is 20.0 Å². The van der Waals surface area contributed by atoms with Crippen LogP contribution in [0.15, 0.2) is 0 Å². The molecule has 0 aromatic carbocycles. The molecule has 2 aliphatic heterocycles. The molecular weight excluding hydrogens is 220 g/mol. The van der Waals surface area contributed by atoms with E-state index in [2.05, 4.69) is 6.92 Å². The average Bonchev–Trinajstić information content (AvgIpc) is 2.68. The fourth-order valence-corrected chi connectivity index (χ4v) is 2.66. The lowest BCUT2D eigenvalue weighted by molar-refractivity contribution is -0.362. The first-order valence-corrected chi connectivity index (χ1v) is 6.65. The molecular formula is C13H24O4. The highest BCUT2D eigenvalue weighted by molar-refractivity contribution is 4.92. The first-order valence-electron chi connectivity index (χ1n) is 6.65. The molecule has 3 atom stereocenters. The first-order chi connectivity index (χ1) is 8.14. The van der Waals surface area contributed by atoms with Crippen molar-refractivity contribution in [3.8, 4) is 0 Å². The van der Waals surface area contributed by atoms with E-state index in [4.69, 9.17) is 18.9 Å². The van der Waals surface area contributed by atoms with Crippen molar-refractivity contribution in [1.29, 1.82) is 0 Å². The van der Waals surface area contributed by atoms with Gasteiger partial charge in [-0.15, -0.1) is 0 Å². The molecule has 2 rings (SSSR count). The van der Waals surface area contributed by atoms with Gasteiger partial charge in [0.25, 0.3) is 0 Å². The maximum atomic E-state index is 6.07. The van der Waals surface area contributed by atoms with Gasteiger partial charge in [-0.05, 0) is 13.3 Å². The standard InChI is InChI=1S/C13H24O4/c1-4-5-6-11-13(16-10-9-15-11)8-7-12(2,14-3)17-13/h11H,4-10H2,1-3H3. The van der Waals surface area contributed by atoms with Gasteiger partial charge < -0.3 is 18.9 Å². The summed E-state index contributed by atoms with van der Waals surface area (Å²) in [6.45, 7) is 5.44. The summed E-state index contributed by atoms with van der Waals surface area (Å²) in [5, 5.41) is 0. The molecule has 4 heteroatoms. The predicted octanol–water partition coefficient (Wildman–Crippen LogP) is 2.46. The highest BCUT2D eigenvalue weighted by Crippen LogP contribution is 2.44. The van der Waals surface area contributed by atoms with Gasteiger partial charge in [0.05, 0.1) is 13.2 Å². The van der Waals surface area contributed by atoms with Gasteiger partial charge >= 0.3 is 0 Å². The number of rotatable bonds is 4. The zero-order chi connectivity index (χ0) is 12.4. The smallest absolute Gasteiger partial charge is 0.198 e. The lowest BCUT2D eigenvalue weighted by atomic mass is 9.99. The van der Waals surface area contributed by atoms with Gasteiger partial charge in [0.1, 0.15) is 6.10 Å². The summed E-state index contributed by atoms with van der Waals surface area (Å²) in [5.74, 6) is -1.09. The van der Waals surface area contributed by atoms with Crippen molar-refractivity contribution in [3.05, 3.63) is 0 Å². The molecule has 0 bridgehead atoms.